The summed E-state index contributed by atoms with van der Waals surface area (Å²) in [5.41, 5.74) is 1.66. The van der Waals surface area contributed by atoms with Crippen molar-refractivity contribution in [3.05, 3.63) is 35.4 Å². The molecule has 0 aromatic heterocycles. The van der Waals surface area contributed by atoms with Crippen LogP contribution in [0, 0.1) is 23.2 Å². The lowest BCUT2D eigenvalue weighted by atomic mass is 9.92. The molecule has 3 rings (SSSR count). The Morgan fingerprint density at radius 2 is 1.93 bits per heavy atom. The van der Waals surface area contributed by atoms with Gasteiger partial charge in [-0.05, 0) is 56.3 Å². The van der Waals surface area contributed by atoms with E-state index in [-0.39, 0.29) is 17.7 Å². The van der Waals surface area contributed by atoms with E-state index in [1.807, 2.05) is 39.9 Å². The Kier molecular flexibility index (Phi) is 7.27. The van der Waals surface area contributed by atoms with Crippen LogP contribution in [0.2, 0.25) is 0 Å². The molecule has 0 spiro atoms. The van der Waals surface area contributed by atoms with Crippen molar-refractivity contribution < 1.29 is 9.59 Å². The molecule has 2 saturated heterocycles. The Morgan fingerprint density at radius 1 is 1.17 bits per heavy atom. The molecule has 0 bridgehead atoms. The molecule has 0 radical (unpaired) electrons. The molecule has 1 atom stereocenters. The number of likely N-dealkylation sites (N-methyl/N-ethyl adjacent to an activating group) is 1. The average molecular weight is 397 g/mol. The van der Waals surface area contributed by atoms with Gasteiger partial charge in [0.05, 0.1) is 18.2 Å². The van der Waals surface area contributed by atoms with Gasteiger partial charge in [0.2, 0.25) is 11.8 Å². The van der Waals surface area contributed by atoms with Crippen LogP contribution in [0.5, 0.6) is 0 Å². The Balaban J connectivity index is 1.44. The smallest absolute Gasteiger partial charge is 0.236 e. The fourth-order valence-corrected chi connectivity index (χ4v) is 4.46. The lowest BCUT2D eigenvalue weighted by Gasteiger charge is -2.37. The largest absolute Gasteiger partial charge is 0.342 e. The minimum absolute atomic E-state index is 0.0656. The molecule has 6 heteroatoms. The Labute approximate surface area is 174 Å². The van der Waals surface area contributed by atoms with Gasteiger partial charge in [-0.25, -0.2) is 0 Å². The molecule has 1 unspecified atom stereocenters. The first-order valence-corrected chi connectivity index (χ1v) is 10.7. The van der Waals surface area contributed by atoms with E-state index in [0.717, 1.165) is 37.9 Å². The Hall–Kier alpha value is -2.39. The topological polar surface area (TPSA) is 67.7 Å². The van der Waals surface area contributed by atoms with Crippen molar-refractivity contribution in [2.24, 2.45) is 11.8 Å². The summed E-state index contributed by atoms with van der Waals surface area (Å²) in [6.07, 6.45) is 3.85. The highest BCUT2D eigenvalue weighted by molar-refractivity contribution is 5.81. The van der Waals surface area contributed by atoms with Gasteiger partial charge >= 0.3 is 0 Å². The quantitative estimate of drug-likeness (QED) is 0.767. The van der Waals surface area contributed by atoms with Crippen LogP contribution in [0.3, 0.4) is 0 Å². The van der Waals surface area contributed by atoms with Crippen LogP contribution in [0.15, 0.2) is 24.3 Å². The predicted octanol–water partition coefficient (Wildman–Crippen LogP) is 2.49. The fraction of sp³-hybridized carbons (Fsp3) is 0.609. The molecule has 29 heavy (non-hydrogen) atoms. The van der Waals surface area contributed by atoms with Crippen molar-refractivity contribution >= 4 is 11.8 Å². The first kappa shape index (κ1) is 21.3. The summed E-state index contributed by atoms with van der Waals surface area (Å²) in [6, 6.07) is 9.63. The maximum Gasteiger partial charge on any atom is 0.236 e. The van der Waals surface area contributed by atoms with Crippen LogP contribution < -0.4 is 0 Å². The molecule has 2 fully saturated rings. The fourth-order valence-electron chi connectivity index (χ4n) is 4.46. The van der Waals surface area contributed by atoms with Crippen LogP contribution in [0.4, 0.5) is 0 Å². The molecular formula is C23H32N4O2. The van der Waals surface area contributed by atoms with Crippen molar-refractivity contribution in [3.63, 3.8) is 0 Å². The number of likely N-dealkylation sites (tertiary alicyclic amines) is 2. The number of benzene rings is 1. The number of nitrogens with zero attached hydrogens (tertiary/aromatic N) is 4. The van der Waals surface area contributed by atoms with E-state index in [1.54, 1.807) is 6.07 Å². The number of piperidine rings is 2. The highest BCUT2D eigenvalue weighted by Crippen LogP contribution is 2.23. The normalized spacial score (nSPS) is 20.6. The molecule has 2 amide bonds. The third-order valence-electron chi connectivity index (χ3n) is 6.08. The Bertz CT molecular complexity index is 764. The van der Waals surface area contributed by atoms with Gasteiger partial charge in [0.25, 0.3) is 0 Å². The zero-order valence-electron chi connectivity index (χ0n) is 17.6. The van der Waals surface area contributed by atoms with E-state index in [1.165, 1.54) is 6.42 Å². The molecule has 156 valence electrons. The van der Waals surface area contributed by atoms with Crippen molar-refractivity contribution in [1.82, 2.24) is 14.7 Å². The summed E-state index contributed by atoms with van der Waals surface area (Å²) in [6.45, 7) is 6.29. The Morgan fingerprint density at radius 3 is 2.62 bits per heavy atom. The van der Waals surface area contributed by atoms with Crippen LogP contribution in [-0.4, -0.2) is 66.3 Å². The third-order valence-corrected chi connectivity index (χ3v) is 6.08. The van der Waals surface area contributed by atoms with Gasteiger partial charge < -0.3 is 9.80 Å². The maximum absolute atomic E-state index is 12.8. The van der Waals surface area contributed by atoms with E-state index in [4.69, 9.17) is 5.26 Å². The summed E-state index contributed by atoms with van der Waals surface area (Å²) < 4.78 is 0. The number of rotatable bonds is 5. The first-order valence-electron chi connectivity index (χ1n) is 10.7. The van der Waals surface area contributed by atoms with Gasteiger partial charge in [-0.15, -0.1) is 0 Å². The molecule has 2 aliphatic heterocycles. The van der Waals surface area contributed by atoms with Crippen LogP contribution >= 0.6 is 0 Å². The minimum Gasteiger partial charge on any atom is -0.342 e. The lowest BCUT2D eigenvalue weighted by molar-refractivity contribution is -0.142. The summed E-state index contributed by atoms with van der Waals surface area (Å²) in [5, 5.41) is 9.02. The molecule has 1 aromatic rings. The van der Waals surface area contributed by atoms with Gasteiger partial charge in [0.1, 0.15) is 0 Å². The summed E-state index contributed by atoms with van der Waals surface area (Å²) in [5.74, 6) is 1.06. The van der Waals surface area contributed by atoms with E-state index in [2.05, 4.69) is 13.0 Å². The number of carbonyl (C=O) groups excluding carboxylic acids is 2. The SMILES string of the molecule is CC1CCCN(C(=O)C2CCN(C(=O)CN(C)Cc3cccc(C#N)c3)CC2)C1. The minimum atomic E-state index is 0.0656. The summed E-state index contributed by atoms with van der Waals surface area (Å²) >= 11 is 0. The number of amides is 2. The highest BCUT2D eigenvalue weighted by Gasteiger charge is 2.31. The number of hydrogen-bond donors (Lipinski definition) is 0. The van der Waals surface area contributed by atoms with E-state index in [0.29, 0.717) is 37.7 Å². The van der Waals surface area contributed by atoms with Crippen molar-refractivity contribution in [1.29, 1.82) is 5.26 Å². The van der Waals surface area contributed by atoms with Gasteiger partial charge in [-0.2, -0.15) is 5.26 Å². The van der Waals surface area contributed by atoms with Gasteiger partial charge in [0.15, 0.2) is 0 Å². The zero-order chi connectivity index (χ0) is 20.8. The zero-order valence-corrected chi connectivity index (χ0v) is 17.6. The highest BCUT2D eigenvalue weighted by atomic mass is 16.2. The van der Waals surface area contributed by atoms with E-state index >= 15 is 0 Å². The lowest BCUT2D eigenvalue weighted by Crippen LogP contribution is -2.48. The first-order chi connectivity index (χ1) is 14.0. The van der Waals surface area contributed by atoms with Crippen LogP contribution in [0.1, 0.15) is 43.7 Å². The molecule has 0 aliphatic carbocycles. The van der Waals surface area contributed by atoms with Crippen molar-refractivity contribution in [2.75, 3.05) is 39.8 Å². The maximum atomic E-state index is 12.8. The molecule has 0 saturated carbocycles. The third kappa shape index (κ3) is 5.80. The molecule has 2 aliphatic rings. The van der Waals surface area contributed by atoms with Crippen molar-refractivity contribution in [2.45, 2.75) is 39.2 Å². The average Bonchev–Trinajstić information content (AvgIpc) is 2.73. The van der Waals surface area contributed by atoms with Crippen molar-refractivity contribution in [3.8, 4) is 6.07 Å². The van der Waals surface area contributed by atoms with E-state index < -0.39 is 0 Å². The molecule has 2 heterocycles. The summed E-state index contributed by atoms with van der Waals surface area (Å²) in [7, 11) is 1.92. The van der Waals surface area contributed by atoms with Crippen LogP contribution in [0.25, 0.3) is 0 Å². The van der Waals surface area contributed by atoms with Crippen LogP contribution in [-0.2, 0) is 16.1 Å². The van der Waals surface area contributed by atoms with Gasteiger partial charge in [-0.3, -0.25) is 14.5 Å². The standard InChI is InChI=1S/C23H32N4O2/c1-18-5-4-10-27(15-18)23(29)21-8-11-26(12-9-21)22(28)17-25(2)16-20-7-3-6-19(13-20)14-24/h3,6-7,13,18,21H,4-5,8-12,15-17H2,1-2H3. The van der Waals surface area contributed by atoms with E-state index in [9.17, 15) is 9.59 Å². The molecule has 1 aromatic carbocycles. The number of carbonyl (C=O) groups is 2. The summed E-state index contributed by atoms with van der Waals surface area (Å²) in [4.78, 5) is 31.4. The molecular weight excluding hydrogens is 364 g/mol. The van der Waals surface area contributed by atoms with Gasteiger partial charge in [-0.1, -0.05) is 19.1 Å². The second-order valence-corrected chi connectivity index (χ2v) is 8.67. The second kappa shape index (κ2) is 9.89. The second-order valence-electron chi connectivity index (χ2n) is 8.67. The number of hydrogen-bond acceptors (Lipinski definition) is 4. The predicted molar refractivity (Wildman–Crippen MR) is 112 cm³/mol. The molecule has 0 N–H and O–H groups in total. The monoisotopic (exact) mass is 396 g/mol. The number of nitriles is 1. The molecule has 6 nitrogen and oxygen atoms in total. The van der Waals surface area contributed by atoms with Gasteiger partial charge in [0, 0.05) is 38.6 Å².